The molecule has 2 bridgehead atoms. The minimum absolute atomic E-state index is 0.304. The summed E-state index contributed by atoms with van der Waals surface area (Å²) in [5.74, 6) is 3.70. The first-order valence-corrected chi connectivity index (χ1v) is 11.4. The molecule has 2 unspecified atom stereocenters. The van der Waals surface area contributed by atoms with Crippen LogP contribution in [0.25, 0.3) is 28.0 Å². The molecule has 2 atom stereocenters. The number of hydrogen-bond acceptors (Lipinski definition) is 5. The molecule has 2 aliphatic rings. The average Bonchev–Trinajstić information content (AvgIpc) is 3.37. The van der Waals surface area contributed by atoms with Gasteiger partial charge in [-0.15, -0.1) is 6.42 Å². The summed E-state index contributed by atoms with van der Waals surface area (Å²) in [6.45, 7) is 5.80. The molecule has 0 N–H and O–H groups in total. The van der Waals surface area contributed by atoms with Gasteiger partial charge in [-0.3, -0.25) is 4.98 Å². The fourth-order valence-electron chi connectivity index (χ4n) is 5.10. The van der Waals surface area contributed by atoms with Crippen molar-refractivity contribution in [1.29, 1.82) is 0 Å². The first kappa shape index (κ1) is 20.0. The van der Waals surface area contributed by atoms with Crippen molar-refractivity contribution in [1.82, 2.24) is 19.6 Å². The van der Waals surface area contributed by atoms with Gasteiger partial charge in [0.05, 0.1) is 17.8 Å². The van der Waals surface area contributed by atoms with E-state index in [0.29, 0.717) is 12.2 Å². The standard InChI is InChI=1S/C27H25N5O/c1-4-19-6-5-7-20(14-19)26-25(21-12-17(2)28-18(3)13-21)27-29-24(10-11-32(27)30-26)31-15-22-8-9-23(16-31)33-22/h1,5-7,10-14,22-23H,8-9,15-16H2,2-3H3. The minimum Gasteiger partial charge on any atom is -0.371 e. The summed E-state index contributed by atoms with van der Waals surface area (Å²) in [4.78, 5) is 12.1. The second-order valence-electron chi connectivity index (χ2n) is 9.00. The number of nitrogens with zero attached hydrogens (tertiary/aromatic N) is 5. The number of ether oxygens (including phenoxy) is 1. The van der Waals surface area contributed by atoms with Gasteiger partial charge in [-0.1, -0.05) is 18.1 Å². The lowest BCUT2D eigenvalue weighted by atomic mass is 9.99. The molecule has 33 heavy (non-hydrogen) atoms. The van der Waals surface area contributed by atoms with Crippen molar-refractivity contribution in [3.05, 3.63) is 65.6 Å². The Balaban J connectivity index is 1.56. The monoisotopic (exact) mass is 435 g/mol. The lowest BCUT2D eigenvalue weighted by Crippen LogP contribution is -2.43. The van der Waals surface area contributed by atoms with E-state index in [1.54, 1.807) is 0 Å². The van der Waals surface area contributed by atoms with E-state index in [-0.39, 0.29) is 0 Å². The van der Waals surface area contributed by atoms with E-state index in [1.165, 1.54) is 0 Å². The number of terminal acetylenes is 1. The van der Waals surface area contributed by atoms with Crippen LogP contribution in [0, 0.1) is 26.2 Å². The Morgan fingerprint density at radius 1 is 0.970 bits per heavy atom. The summed E-state index contributed by atoms with van der Waals surface area (Å²) in [6, 6.07) is 14.2. The molecule has 0 aliphatic carbocycles. The highest BCUT2D eigenvalue weighted by molar-refractivity contribution is 5.91. The summed E-state index contributed by atoms with van der Waals surface area (Å²) < 4.78 is 7.90. The number of morpholine rings is 1. The Morgan fingerprint density at radius 2 is 1.73 bits per heavy atom. The van der Waals surface area contributed by atoms with Gasteiger partial charge in [-0.05, 0) is 62.6 Å². The molecule has 2 aliphatic heterocycles. The smallest absolute Gasteiger partial charge is 0.165 e. The molecule has 3 aromatic heterocycles. The van der Waals surface area contributed by atoms with Crippen molar-refractivity contribution >= 4 is 11.5 Å². The van der Waals surface area contributed by atoms with Crippen molar-refractivity contribution in [3.8, 4) is 34.7 Å². The molecule has 0 radical (unpaired) electrons. The molecule has 6 nitrogen and oxygen atoms in total. The van der Waals surface area contributed by atoms with E-state index in [2.05, 4.69) is 34.0 Å². The summed E-state index contributed by atoms with van der Waals surface area (Å²) in [5, 5.41) is 4.94. The topological polar surface area (TPSA) is 55.5 Å². The van der Waals surface area contributed by atoms with Crippen LogP contribution >= 0.6 is 0 Å². The Hall–Kier alpha value is -3.69. The summed E-state index contributed by atoms with van der Waals surface area (Å²) in [6.07, 6.45) is 10.6. The fourth-order valence-corrected chi connectivity index (χ4v) is 5.10. The minimum atomic E-state index is 0.304. The van der Waals surface area contributed by atoms with E-state index in [4.69, 9.17) is 21.2 Å². The fraction of sp³-hybridized carbons (Fsp3) is 0.296. The van der Waals surface area contributed by atoms with Crippen LogP contribution in [-0.4, -0.2) is 44.9 Å². The Labute approximate surface area is 193 Å². The maximum absolute atomic E-state index is 6.03. The SMILES string of the molecule is C#Cc1cccc(-c2nn3ccc(N4CC5CCC(C4)O5)nc3c2-c2cc(C)nc(C)c2)c1. The van der Waals surface area contributed by atoms with E-state index in [0.717, 1.165) is 76.7 Å². The number of hydrogen-bond donors (Lipinski definition) is 0. The molecular formula is C27H25N5O. The van der Waals surface area contributed by atoms with E-state index in [1.807, 2.05) is 48.8 Å². The molecular weight excluding hydrogens is 410 g/mol. The number of pyridine rings is 1. The molecule has 0 saturated carbocycles. The molecule has 1 aromatic carbocycles. The highest BCUT2D eigenvalue weighted by Crippen LogP contribution is 2.36. The Kier molecular flexibility index (Phi) is 4.67. The van der Waals surface area contributed by atoms with Gasteiger partial charge in [-0.2, -0.15) is 5.10 Å². The van der Waals surface area contributed by atoms with Crippen molar-refractivity contribution in [2.24, 2.45) is 0 Å². The molecule has 5 heterocycles. The summed E-state index contributed by atoms with van der Waals surface area (Å²) in [7, 11) is 0. The molecule has 6 rings (SSSR count). The zero-order valence-electron chi connectivity index (χ0n) is 18.8. The highest BCUT2D eigenvalue weighted by atomic mass is 16.5. The number of anilines is 1. The molecule has 0 amide bonds. The number of aromatic nitrogens is 4. The van der Waals surface area contributed by atoms with Crippen LogP contribution in [0.3, 0.4) is 0 Å². The van der Waals surface area contributed by atoms with E-state index in [9.17, 15) is 0 Å². The largest absolute Gasteiger partial charge is 0.371 e. The van der Waals surface area contributed by atoms with Gasteiger partial charge in [0.2, 0.25) is 0 Å². The van der Waals surface area contributed by atoms with Gasteiger partial charge >= 0.3 is 0 Å². The van der Waals surface area contributed by atoms with Crippen LogP contribution < -0.4 is 4.90 Å². The highest BCUT2D eigenvalue weighted by Gasteiger charge is 2.34. The summed E-state index contributed by atoms with van der Waals surface area (Å²) >= 11 is 0. The Bertz CT molecular complexity index is 1380. The van der Waals surface area contributed by atoms with Gasteiger partial charge in [-0.25, -0.2) is 9.50 Å². The van der Waals surface area contributed by atoms with Crippen molar-refractivity contribution < 1.29 is 4.74 Å². The third kappa shape index (κ3) is 3.55. The van der Waals surface area contributed by atoms with Crippen LogP contribution in [0.5, 0.6) is 0 Å². The Morgan fingerprint density at radius 3 is 2.45 bits per heavy atom. The molecule has 4 aromatic rings. The second kappa shape index (κ2) is 7.72. The normalized spacial score (nSPS) is 19.7. The second-order valence-corrected chi connectivity index (χ2v) is 9.00. The third-order valence-electron chi connectivity index (χ3n) is 6.51. The third-order valence-corrected chi connectivity index (χ3v) is 6.51. The molecule has 2 saturated heterocycles. The molecule has 2 fully saturated rings. The zero-order valence-corrected chi connectivity index (χ0v) is 18.8. The predicted octanol–water partition coefficient (Wildman–Crippen LogP) is 4.42. The van der Waals surface area contributed by atoms with Crippen molar-refractivity contribution in [3.63, 3.8) is 0 Å². The van der Waals surface area contributed by atoms with Gasteiger partial charge in [0.1, 0.15) is 11.5 Å². The molecule has 6 heteroatoms. The maximum Gasteiger partial charge on any atom is 0.165 e. The van der Waals surface area contributed by atoms with E-state index >= 15 is 0 Å². The van der Waals surface area contributed by atoms with Crippen molar-refractivity contribution in [2.45, 2.75) is 38.9 Å². The lowest BCUT2D eigenvalue weighted by Gasteiger charge is -2.32. The first-order chi connectivity index (χ1) is 16.1. The van der Waals surface area contributed by atoms with Crippen LogP contribution in [0.15, 0.2) is 48.7 Å². The van der Waals surface area contributed by atoms with Crippen LogP contribution in [-0.2, 0) is 4.74 Å². The van der Waals surface area contributed by atoms with Gasteiger partial charge in [0.15, 0.2) is 5.65 Å². The number of rotatable bonds is 3. The number of aryl methyl sites for hydroxylation is 2. The van der Waals surface area contributed by atoms with E-state index < -0.39 is 0 Å². The summed E-state index contributed by atoms with van der Waals surface area (Å²) in [5.41, 5.74) is 7.49. The number of benzene rings is 1. The van der Waals surface area contributed by atoms with Gasteiger partial charge < -0.3 is 9.64 Å². The van der Waals surface area contributed by atoms with Gasteiger partial charge in [0.25, 0.3) is 0 Å². The predicted molar refractivity (Wildman–Crippen MR) is 129 cm³/mol. The van der Waals surface area contributed by atoms with Crippen LogP contribution in [0.1, 0.15) is 29.8 Å². The molecule has 164 valence electrons. The van der Waals surface area contributed by atoms with Gasteiger partial charge in [0, 0.05) is 41.8 Å². The number of fused-ring (bicyclic) bond motifs is 3. The maximum atomic E-state index is 6.03. The first-order valence-electron chi connectivity index (χ1n) is 11.4. The average molecular weight is 436 g/mol. The zero-order chi connectivity index (χ0) is 22.5. The van der Waals surface area contributed by atoms with Crippen molar-refractivity contribution in [2.75, 3.05) is 18.0 Å². The van der Waals surface area contributed by atoms with Crippen LogP contribution in [0.4, 0.5) is 5.82 Å². The lowest BCUT2D eigenvalue weighted by molar-refractivity contribution is 0.0302. The quantitative estimate of drug-likeness (QED) is 0.446. The van der Waals surface area contributed by atoms with Crippen LogP contribution in [0.2, 0.25) is 0 Å². The molecule has 0 spiro atoms.